The largest absolute Gasteiger partial charge is 0.497 e. The normalized spacial score (nSPS) is 10.0. The van der Waals surface area contributed by atoms with Gasteiger partial charge in [-0.25, -0.2) is 0 Å². The molecule has 0 atom stereocenters. The Hall–Kier alpha value is -2.76. The fourth-order valence-corrected chi connectivity index (χ4v) is 1.85. The van der Waals surface area contributed by atoms with Crippen LogP contribution in [0.2, 0.25) is 0 Å². The molecule has 0 fully saturated rings. The molecule has 2 rings (SSSR count). The first-order valence-corrected chi connectivity index (χ1v) is 6.36. The van der Waals surface area contributed by atoms with Crippen molar-refractivity contribution in [2.24, 2.45) is 0 Å². The van der Waals surface area contributed by atoms with E-state index in [0.29, 0.717) is 18.0 Å². The van der Waals surface area contributed by atoms with Crippen molar-refractivity contribution in [3.8, 4) is 11.5 Å². The van der Waals surface area contributed by atoms with Crippen molar-refractivity contribution in [2.45, 2.75) is 6.61 Å². The molecule has 0 heterocycles. The molecule has 0 spiro atoms. The molecule has 110 valence electrons. The lowest BCUT2D eigenvalue weighted by molar-refractivity contribution is -0.384. The maximum absolute atomic E-state index is 11.0. The van der Waals surface area contributed by atoms with E-state index in [1.54, 1.807) is 26.3 Å². The molecule has 0 amide bonds. The summed E-state index contributed by atoms with van der Waals surface area (Å²) in [5.41, 5.74) is 1.40. The fourth-order valence-electron chi connectivity index (χ4n) is 1.85. The molecule has 21 heavy (non-hydrogen) atoms. The molecule has 0 aliphatic rings. The SMILES string of the molecule is CNc1ccc(OCc2ccc(OC)cc2)cc1[N+](=O)[O-]. The van der Waals surface area contributed by atoms with E-state index in [1.807, 2.05) is 24.3 Å². The first-order valence-electron chi connectivity index (χ1n) is 6.36. The fraction of sp³-hybridized carbons (Fsp3) is 0.200. The Bertz CT molecular complexity index is 626. The second-order valence-corrected chi connectivity index (χ2v) is 4.32. The summed E-state index contributed by atoms with van der Waals surface area (Å²) in [4.78, 5) is 10.5. The number of nitrogens with zero attached hydrogens (tertiary/aromatic N) is 1. The summed E-state index contributed by atoms with van der Waals surface area (Å²) in [7, 11) is 3.24. The van der Waals surface area contributed by atoms with Gasteiger partial charge in [0, 0.05) is 7.05 Å². The second-order valence-electron chi connectivity index (χ2n) is 4.32. The number of rotatable bonds is 6. The third-order valence-electron chi connectivity index (χ3n) is 3.00. The quantitative estimate of drug-likeness (QED) is 0.652. The molecule has 0 aromatic heterocycles. The van der Waals surface area contributed by atoms with Crippen molar-refractivity contribution in [3.63, 3.8) is 0 Å². The van der Waals surface area contributed by atoms with Gasteiger partial charge in [0.05, 0.1) is 18.1 Å². The highest BCUT2D eigenvalue weighted by Crippen LogP contribution is 2.29. The van der Waals surface area contributed by atoms with Crippen LogP contribution < -0.4 is 14.8 Å². The smallest absolute Gasteiger partial charge is 0.296 e. The third-order valence-corrected chi connectivity index (χ3v) is 3.00. The molecule has 0 aliphatic carbocycles. The summed E-state index contributed by atoms with van der Waals surface area (Å²) >= 11 is 0. The molecule has 0 saturated carbocycles. The molecule has 0 unspecified atom stereocenters. The van der Waals surface area contributed by atoms with Crippen molar-refractivity contribution >= 4 is 11.4 Å². The molecule has 2 aromatic carbocycles. The van der Waals surface area contributed by atoms with Crippen molar-refractivity contribution in [1.82, 2.24) is 0 Å². The predicted molar refractivity (Wildman–Crippen MR) is 80.0 cm³/mol. The predicted octanol–water partition coefficient (Wildman–Crippen LogP) is 3.22. The van der Waals surface area contributed by atoms with E-state index >= 15 is 0 Å². The van der Waals surface area contributed by atoms with Crippen LogP contribution in [0.3, 0.4) is 0 Å². The Kier molecular flexibility index (Phi) is 4.61. The van der Waals surface area contributed by atoms with Crippen LogP contribution >= 0.6 is 0 Å². The van der Waals surface area contributed by atoms with E-state index in [-0.39, 0.29) is 5.69 Å². The zero-order valence-electron chi connectivity index (χ0n) is 11.8. The third kappa shape index (κ3) is 3.62. The number of anilines is 1. The van der Waals surface area contributed by atoms with Gasteiger partial charge in [0.1, 0.15) is 23.8 Å². The Labute approximate surface area is 122 Å². The molecule has 0 saturated heterocycles. The van der Waals surface area contributed by atoms with E-state index < -0.39 is 4.92 Å². The van der Waals surface area contributed by atoms with Crippen molar-refractivity contribution < 1.29 is 14.4 Å². The van der Waals surface area contributed by atoms with Gasteiger partial charge in [-0.3, -0.25) is 10.1 Å². The van der Waals surface area contributed by atoms with Gasteiger partial charge in [-0.15, -0.1) is 0 Å². The number of nitro benzene ring substituents is 1. The number of ether oxygens (including phenoxy) is 2. The molecule has 0 bridgehead atoms. The summed E-state index contributed by atoms with van der Waals surface area (Å²) in [6.45, 7) is 0.333. The highest BCUT2D eigenvalue weighted by molar-refractivity contribution is 5.63. The summed E-state index contributed by atoms with van der Waals surface area (Å²) in [5, 5.41) is 13.8. The van der Waals surface area contributed by atoms with Crippen molar-refractivity contribution in [2.75, 3.05) is 19.5 Å². The van der Waals surface area contributed by atoms with E-state index in [2.05, 4.69) is 5.32 Å². The highest BCUT2D eigenvalue weighted by Gasteiger charge is 2.14. The minimum atomic E-state index is -0.438. The maximum atomic E-state index is 11.0. The van der Waals surface area contributed by atoms with E-state index in [1.165, 1.54) is 6.07 Å². The number of hydrogen-bond donors (Lipinski definition) is 1. The van der Waals surface area contributed by atoms with E-state index in [0.717, 1.165) is 11.3 Å². The number of nitro groups is 1. The molecule has 0 aliphatic heterocycles. The number of nitrogens with one attached hydrogen (secondary N) is 1. The van der Waals surface area contributed by atoms with Gasteiger partial charge in [0.25, 0.3) is 5.69 Å². The number of methoxy groups -OCH3 is 1. The Morgan fingerprint density at radius 3 is 2.38 bits per heavy atom. The van der Waals surface area contributed by atoms with Crippen LogP contribution in [-0.4, -0.2) is 19.1 Å². The molecule has 6 nitrogen and oxygen atoms in total. The zero-order chi connectivity index (χ0) is 15.2. The Morgan fingerprint density at radius 2 is 1.81 bits per heavy atom. The van der Waals surface area contributed by atoms with E-state index in [4.69, 9.17) is 9.47 Å². The summed E-state index contributed by atoms with van der Waals surface area (Å²) in [6.07, 6.45) is 0. The van der Waals surface area contributed by atoms with Crippen LogP contribution in [0.4, 0.5) is 11.4 Å². The van der Waals surface area contributed by atoms with Crippen LogP contribution in [0.25, 0.3) is 0 Å². The monoisotopic (exact) mass is 288 g/mol. The van der Waals surface area contributed by atoms with Crippen LogP contribution in [0.5, 0.6) is 11.5 Å². The van der Waals surface area contributed by atoms with E-state index in [9.17, 15) is 10.1 Å². The van der Waals surface area contributed by atoms with Gasteiger partial charge >= 0.3 is 0 Å². The minimum Gasteiger partial charge on any atom is -0.497 e. The lowest BCUT2D eigenvalue weighted by Crippen LogP contribution is -1.99. The standard InChI is InChI=1S/C15H16N2O4/c1-16-14-8-7-13(9-15(14)17(18)19)21-10-11-3-5-12(20-2)6-4-11/h3-9,16H,10H2,1-2H3. The van der Waals surface area contributed by atoms with Gasteiger partial charge in [0.15, 0.2) is 0 Å². The van der Waals surface area contributed by atoms with Crippen LogP contribution in [-0.2, 0) is 6.61 Å². The second kappa shape index (κ2) is 6.60. The Morgan fingerprint density at radius 1 is 1.14 bits per heavy atom. The van der Waals surface area contributed by atoms with Gasteiger partial charge in [-0.1, -0.05) is 12.1 Å². The molecule has 0 radical (unpaired) electrons. The highest BCUT2D eigenvalue weighted by atomic mass is 16.6. The van der Waals surface area contributed by atoms with Gasteiger partial charge in [-0.05, 0) is 29.8 Å². The van der Waals surface area contributed by atoms with Gasteiger partial charge in [0.2, 0.25) is 0 Å². The Balaban J connectivity index is 2.08. The van der Waals surface area contributed by atoms with Crippen molar-refractivity contribution in [3.05, 3.63) is 58.1 Å². The first-order chi connectivity index (χ1) is 10.1. The minimum absolute atomic E-state index is 0.00951. The number of hydrogen-bond acceptors (Lipinski definition) is 5. The molecular formula is C15H16N2O4. The average molecular weight is 288 g/mol. The molecular weight excluding hydrogens is 272 g/mol. The van der Waals surface area contributed by atoms with Gasteiger partial charge < -0.3 is 14.8 Å². The lowest BCUT2D eigenvalue weighted by Gasteiger charge is -2.08. The molecule has 2 aromatic rings. The van der Waals surface area contributed by atoms with Crippen molar-refractivity contribution in [1.29, 1.82) is 0 Å². The zero-order valence-corrected chi connectivity index (χ0v) is 11.8. The first kappa shape index (κ1) is 14.6. The summed E-state index contributed by atoms with van der Waals surface area (Å²) < 4.78 is 10.7. The van der Waals surface area contributed by atoms with Gasteiger partial charge in [-0.2, -0.15) is 0 Å². The van der Waals surface area contributed by atoms with Crippen LogP contribution in [0.15, 0.2) is 42.5 Å². The maximum Gasteiger partial charge on any atom is 0.296 e. The number of benzene rings is 2. The summed E-state index contributed by atoms with van der Waals surface area (Å²) in [5.74, 6) is 1.23. The molecule has 1 N–H and O–H groups in total. The van der Waals surface area contributed by atoms with Crippen LogP contribution in [0, 0.1) is 10.1 Å². The van der Waals surface area contributed by atoms with Crippen LogP contribution in [0.1, 0.15) is 5.56 Å². The average Bonchev–Trinajstić information content (AvgIpc) is 2.53. The summed E-state index contributed by atoms with van der Waals surface area (Å²) in [6, 6.07) is 12.2. The topological polar surface area (TPSA) is 73.6 Å². The molecule has 6 heteroatoms. The lowest BCUT2D eigenvalue weighted by atomic mass is 10.2.